The number of halogens is 1. The van der Waals surface area contributed by atoms with Crippen LogP contribution in [-0.2, 0) is 6.54 Å². The number of hydrogen-bond donors (Lipinski definition) is 2. The molecule has 6 heteroatoms. The van der Waals surface area contributed by atoms with E-state index in [0.717, 1.165) is 5.56 Å². The molecule has 0 saturated heterocycles. The molecule has 3 rings (SSSR count). The second kappa shape index (κ2) is 7.19. The molecule has 0 aliphatic rings. The quantitative estimate of drug-likeness (QED) is 0.727. The van der Waals surface area contributed by atoms with Crippen molar-refractivity contribution in [2.24, 2.45) is 0 Å². The largest absolute Gasteiger partial charge is 0.441 e. The third kappa shape index (κ3) is 3.94. The Kier molecular flexibility index (Phi) is 4.82. The molecule has 2 amide bonds. The van der Waals surface area contributed by atoms with Crippen LogP contribution in [0.1, 0.15) is 11.5 Å². The van der Waals surface area contributed by atoms with Crippen molar-refractivity contribution in [3.63, 3.8) is 0 Å². The van der Waals surface area contributed by atoms with Crippen molar-refractivity contribution in [3.8, 4) is 11.5 Å². The van der Waals surface area contributed by atoms with Gasteiger partial charge in [0.15, 0.2) is 0 Å². The van der Waals surface area contributed by atoms with Crippen LogP contribution in [0.4, 0.5) is 10.5 Å². The Bertz CT molecular complexity index is 829. The van der Waals surface area contributed by atoms with E-state index in [-0.39, 0.29) is 12.6 Å². The first kappa shape index (κ1) is 16.1. The second-order valence-electron chi connectivity index (χ2n) is 5.20. The van der Waals surface area contributed by atoms with Crippen LogP contribution in [0.5, 0.6) is 0 Å². The normalized spacial score (nSPS) is 10.4. The lowest BCUT2D eigenvalue weighted by atomic mass is 10.2. The molecule has 0 atom stereocenters. The summed E-state index contributed by atoms with van der Waals surface area (Å²) < 4.78 is 5.67. The smallest absolute Gasteiger partial charge is 0.319 e. The number of hydrogen-bond acceptors (Lipinski definition) is 3. The highest BCUT2D eigenvalue weighted by molar-refractivity contribution is 6.30. The molecular formula is C18H16ClN3O2. The number of nitrogens with zero attached hydrogens (tertiary/aromatic N) is 1. The predicted molar refractivity (Wildman–Crippen MR) is 94.0 cm³/mol. The van der Waals surface area contributed by atoms with Gasteiger partial charge in [0.2, 0.25) is 5.89 Å². The van der Waals surface area contributed by atoms with Gasteiger partial charge in [-0.3, -0.25) is 0 Å². The highest BCUT2D eigenvalue weighted by Gasteiger charge is 2.12. The molecule has 0 fully saturated rings. The maximum absolute atomic E-state index is 11.9. The molecule has 0 saturated carbocycles. The zero-order valence-electron chi connectivity index (χ0n) is 13.0. The third-order valence-corrected chi connectivity index (χ3v) is 3.68. The standard InChI is InChI=1S/C18H16ClN3O2/c1-12-16(22-17(24-12)13-5-3-2-4-6-13)11-20-18(23)21-15-9-7-14(19)8-10-15/h2-10H,11H2,1H3,(H2,20,21,23). The van der Waals surface area contributed by atoms with E-state index in [2.05, 4.69) is 15.6 Å². The minimum atomic E-state index is -0.319. The van der Waals surface area contributed by atoms with E-state index in [1.807, 2.05) is 37.3 Å². The Labute approximate surface area is 144 Å². The van der Waals surface area contributed by atoms with Gasteiger partial charge in [-0.25, -0.2) is 9.78 Å². The lowest BCUT2D eigenvalue weighted by molar-refractivity contribution is 0.251. The van der Waals surface area contributed by atoms with E-state index >= 15 is 0 Å². The van der Waals surface area contributed by atoms with Gasteiger partial charge in [-0.1, -0.05) is 29.8 Å². The minimum absolute atomic E-state index is 0.279. The molecule has 0 radical (unpaired) electrons. The van der Waals surface area contributed by atoms with Gasteiger partial charge in [-0.05, 0) is 43.3 Å². The summed E-state index contributed by atoms with van der Waals surface area (Å²) >= 11 is 5.81. The van der Waals surface area contributed by atoms with E-state index in [1.54, 1.807) is 24.3 Å². The Morgan fingerprint density at radius 3 is 2.54 bits per heavy atom. The van der Waals surface area contributed by atoms with Crippen molar-refractivity contribution < 1.29 is 9.21 Å². The van der Waals surface area contributed by atoms with Gasteiger partial charge in [0.1, 0.15) is 11.5 Å². The number of rotatable bonds is 4. The predicted octanol–water partition coefficient (Wildman–Crippen LogP) is 4.63. The highest BCUT2D eigenvalue weighted by atomic mass is 35.5. The van der Waals surface area contributed by atoms with Gasteiger partial charge in [0, 0.05) is 16.3 Å². The average Bonchev–Trinajstić information content (AvgIpc) is 2.97. The molecule has 2 N–H and O–H groups in total. The number of urea groups is 1. The molecule has 0 spiro atoms. The number of oxazole rings is 1. The summed E-state index contributed by atoms with van der Waals surface area (Å²) in [7, 11) is 0. The van der Waals surface area contributed by atoms with Crippen LogP contribution in [0.15, 0.2) is 59.0 Å². The summed E-state index contributed by atoms with van der Waals surface area (Å²) in [6, 6.07) is 16.2. The minimum Gasteiger partial charge on any atom is -0.441 e. The molecule has 1 heterocycles. The first-order valence-corrected chi connectivity index (χ1v) is 7.82. The lowest BCUT2D eigenvalue weighted by Gasteiger charge is -2.06. The maximum Gasteiger partial charge on any atom is 0.319 e. The molecular weight excluding hydrogens is 326 g/mol. The highest BCUT2D eigenvalue weighted by Crippen LogP contribution is 2.21. The first-order chi connectivity index (χ1) is 11.6. The summed E-state index contributed by atoms with van der Waals surface area (Å²) in [6.07, 6.45) is 0. The summed E-state index contributed by atoms with van der Waals surface area (Å²) in [6.45, 7) is 2.11. The van der Waals surface area contributed by atoms with Gasteiger partial charge in [-0.2, -0.15) is 0 Å². The number of carbonyl (C=O) groups is 1. The second-order valence-corrected chi connectivity index (χ2v) is 5.64. The fourth-order valence-electron chi connectivity index (χ4n) is 2.17. The zero-order valence-corrected chi connectivity index (χ0v) is 13.8. The Hall–Kier alpha value is -2.79. The van der Waals surface area contributed by atoms with Crippen LogP contribution >= 0.6 is 11.6 Å². The average molecular weight is 342 g/mol. The van der Waals surface area contributed by atoms with Crippen LogP contribution in [0.3, 0.4) is 0 Å². The number of aryl methyl sites for hydroxylation is 1. The fraction of sp³-hybridized carbons (Fsp3) is 0.111. The summed E-state index contributed by atoms with van der Waals surface area (Å²) in [4.78, 5) is 16.4. The van der Waals surface area contributed by atoms with E-state index in [9.17, 15) is 4.79 Å². The molecule has 0 unspecified atom stereocenters. The van der Waals surface area contributed by atoms with Gasteiger partial charge >= 0.3 is 6.03 Å². The van der Waals surface area contributed by atoms with Crippen LogP contribution in [0, 0.1) is 6.92 Å². The molecule has 0 aliphatic heterocycles. The van der Waals surface area contributed by atoms with E-state index in [1.165, 1.54) is 0 Å². The fourth-order valence-corrected chi connectivity index (χ4v) is 2.29. The molecule has 24 heavy (non-hydrogen) atoms. The monoisotopic (exact) mass is 341 g/mol. The topological polar surface area (TPSA) is 67.2 Å². The summed E-state index contributed by atoms with van der Waals surface area (Å²) in [5.41, 5.74) is 2.26. The number of aromatic nitrogens is 1. The molecule has 122 valence electrons. The Balaban J connectivity index is 1.61. The van der Waals surface area contributed by atoms with Gasteiger partial charge in [0.25, 0.3) is 0 Å². The number of benzene rings is 2. The van der Waals surface area contributed by atoms with Crippen molar-refractivity contribution in [1.29, 1.82) is 0 Å². The van der Waals surface area contributed by atoms with Gasteiger partial charge in [0.05, 0.1) is 6.54 Å². The number of carbonyl (C=O) groups excluding carboxylic acids is 1. The summed E-state index contributed by atoms with van der Waals surface area (Å²) in [5.74, 6) is 1.23. The van der Waals surface area contributed by atoms with Crippen LogP contribution in [0.2, 0.25) is 5.02 Å². The molecule has 1 aromatic heterocycles. The van der Waals surface area contributed by atoms with Crippen molar-refractivity contribution in [2.45, 2.75) is 13.5 Å². The first-order valence-electron chi connectivity index (χ1n) is 7.44. The van der Waals surface area contributed by atoms with Crippen molar-refractivity contribution in [2.75, 3.05) is 5.32 Å². The van der Waals surface area contributed by atoms with Crippen molar-refractivity contribution >= 4 is 23.3 Å². The molecule has 3 aromatic rings. The van der Waals surface area contributed by atoms with Crippen LogP contribution in [0.25, 0.3) is 11.5 Å². The molecule has 0 aliphatic carbocycles. The van der Waals surface area contributed by atoms with Crippen LogP contribution < -0.4 is 10.6 Å². The van der Waals surface area contributed by atoms with Crippen LogP contribution in [-0.4, -0.2) is 11.0 Å². The number of nitrogens with one attached hydrogen (secondary N) is 2. The third-order valence-electron chi connectivity index (χ3n) is 3.43. The molecule has 0 bridgehead atoms. The summed E-state index contributed by atoms with van der Waals surface area (Å²) in [5, 5.41) is 6.11. The number of amides is 2. The molecule has 5 nitrogen and oxygen atoms in total. The Morgan fingerprint density at radius 2 is 1.83 bits per heavy atom. The van der Waals surface area contributed by atoms with Crippen molar-refractivity contribution in [1.82, 2.24) is 10.3 Å². The SMILES string of the molecule is Cc1oc(-c2ccccc2)nc1CNC(=O)Nc1ccc(Cl)cc1. The lowest BCUT2D eigenvalue weighted by Crippen LogP contribution is -2.28. The van der Waals surface area contributed by atoms with Crippen molar-refractivity contribution in [3.05, 3.63) is 71.1 Å². The van der Waals surface area contributed by atoms with E-state index in [0.29, 0.717) is 28.1 Å². The van der Waals surface area contributed by atoms with Gasteiger partial charge in [-0.15, -0.1) is 0 Å². The molecule has 2 aromatic carbocycles. The van der Waals surface area contributed by atoms with E-state index < -0.39 is 0 Å². The Morgan fingerprint density at radius 1 is 1.12 bits per heavy atom. The van der Waals surface area contributed by atoms with E-state index in [4.69, 9.17) is 16.0 Å². The zero-order chi connectivity index (χ0) is 16.9. The maximum atomic E-state index is 11.9. The number of anilines is 1. The van der Waals surface area contributed by atoms with Gasteiger partial charge < -0.3 is 15.1 Å².